The third-order valence-corrected chi connectivity index (χ3v) is 3.10. The highest BCUT2D eigenvalue weighted by Crippen LogP contribution is 2.33. The first-order valence-corrected chi connectivity index (χ1v) is 5.33. The molecule has 0 aliphatic rings. The zero-order valence-corrected chi connectivity index (χ0v) is 10.2. The molecule has 0 aromatic heterocycles. The largest absolute Gasteiger partial charge is 0.481 e. The monoisotopic (exact) mass is 221 g/mol. The van der Waals surface area contributed by atoms with Crippen LogP contribution in [0.3, 0.4) is 0 Å². The van der Waals surface area contributed by atoms with Gasteiger partial charge in [0.05, 0.1) is 5.41 Å². The second-order valence-corrected chi connectivity index (χ2v) is 4.86. The van der Waals surface area contributed by atoms with Gasteiger partial charge in [-0.1, -0.05) is 23.8 Å². The molecule has 88 valence electrons. The number of carbonyl (C=O) groups is 1. The first kappa shape index (κ1) is 12.7. The predicted molar refractivity (Wildman–Crippen MR) is 64.3 cm³/mol. The molecule has 1 rings (SSSR count). The topological polar surface area (TPSA) is 63.3 Å². The summed E-state index contributed by atoms with van der Waals surface area (Å²) < 4.78 is 0. The first-order chi connectivity index (χ1) is 7.26. The van der Waals surface area contributed by atoms with Crippen molar-refractivity contribution in [2.75, 3.05) is 0 Å². The van der Waals surface area contributed by atoms with Gasteiger partial charge in [-0.2, -0.15) is 0 Å². The zero-order valence-electron chi connectivity index (χ0n) is 10.2. The Morgan fingerprint density at radius 3 is 2.44 bits per heavy atom. The van der Waals surface area contributed by atoms with Gasteiger partial charge in [0, 0.05) is 6.04 Å². The lowest BCUT2D eigenvalue weighted by Gasteiger charge is -2.28. The smallest absolute Gasteiger partial charge is 0.311 e. The molecular weight excluding hydrogens is 202 g/mol. The quantitative estimate of drug-likeness (QED) is 0.823. The standard InChI is InChI=1S/C13H19NO2/c1-8-5-6-9(2)10(7-8)11(14)13(3,4)12(15)16/h5-7,11H,14H2,1-4H3,(H,15,16). The third kappa shape index (κ3) is 2.25. The number of aryl methyl sites for hydroxylation is 2. The molecule has 0 bridgehead atoms. The second-order valence-electron chi connectivity index (χ2n) is 4.86. The van der Waals surface area contributed by atoms with Gasteiger partial charge in [0.1, 0.15) is 0 Å². The number of carboxylic acid groups (broad SMARTS) is 1. The van der Waals surface area contributed by atoms with E-state index in [1.807, 2.05) is 32.0 Å². The minimum Gasteiger partial charge on any atom is -0.481 e. The van der Waals surface area contributed by atoms with E-state index in [1.54, 1.807) is 13.8 Å². The maximum atomic E-state index is 11.2. The minimum absolute atomic E-state index is 0.495. The van der Waals surface area contributed by atoms with Gasteiger partial charge >= 0.3 is 5.97 Å². The Hall–Kier alpha value is -1.35. The molecule has 0 saturated heterocycles. The molecule has 1 unspecified atom stereocenters. The summed E-state index contributed by atoms with van der Waals surface area (Å²) >= 11 is 0. The van der Waals surface area contributed by atoms with Gasteiger partial charge in [-0.05, 0) is 38.8 Å². The van der Waals surface area contributed by atoms with Crippen LogP contribution >= 0.6 is 0 Å². The molecule has 0 spiro atoms. The fraction of sp³-hybridized carbons (Fsp3) is 0.462. The summed E-state index contributed by atoms with van der Waals surface area (Å²) in [6.45, 7) is 7.24. The highest BCUT2D eigenvalue weighted by atomic mass is 16.4. The lowest BCUT2D eigenvalue weighted by molar-refractivity contribution is -0.148. The summed E-state index contributed by atoms with van der Waals surface area (Å²) in [5.41, 5.74) is 8.14. The van der Waals surface area contributed by atoms with Crippen LogP contribution in [-0.4, -0.2) is 11.1 Å². The summed E-state index contributed by atoms with van der Waals surface area (Å²) in [5.74, 6) is -0.874. The molecule has 3 heteroatoms. The second kappa shape index (κ2) is 4.26. The van der Waals surface area contributed by atoms with Crippen LogP contribution in [0.4, 0.5) is 0 Å². The van der Waals surface area contributed by atoms with Crippen LogP contribution in [0.15, 0.2) is 18.2 Å². The number of hydrogen-bond donors (Lipinski definition) is 2. The summed E-state index contributed by atoms with van der Waals surface area (Å²) in [4.78, 5) is 11.2. The molecule has 0 aliphatic carbocycles. The van der Waals surface area contributed by atoms with Crippen molar-refractivity contribution in [1.29, 1.82) is 0 Å². The molecule has 0 amide bonds. The van der Waals surface area contributed by atoms with E-state index in [0.29, 0.717) is 0 Å². The summed E-state index contributed by atoms with van der Waals surface area (Å²) in [5, 5.41) is 9.15. The van der Waals surface area contributed by atoms with Crippen molar-refractivity contribution in [3.05, 3.63) is 34.9 Å². The summed E-state index contributed by atoms with van der Waals surface area (Å²) in [6, 6.07) is 5.44. The molecule has 3 nitrogen and oxygen atoms in total. The van der Waals surface area contributed by atoms with E-state index >= 15 is 0 Å². The molecule has 1 aromatic carbocycles. The lowest BCUT2D eigenvalue weighted by atomic mass is 9.79. The van der Waals surface area contributed by atoms with Crippen molar-refractivity contribution in [2.24, 2.45) is 11.1 Å². The van der Waals surface area contributed by atoms with E-state index in [-0.39, 0.29) is 0 Å². The molecular formula is C13H19NO2. The molecule has 0 heterocycles. The van der Waals surface area contributed by atoms with Crippen LogP contribution < -0.4 is 5.73 Å². The highest BCUT2D eigenvalue weighted by molar-refractivity contribution is 5.75. The Balaban J connectivity index is 3.19. The normalized spacial score (nSPS) is 13.6. The molecule has 0 saturated carbocycles. The Kier molecular flexibility index (Phi) is 3.38. The number of carboxylic acids is 1. The van der Waals surface area contributed by atoms with Crippen LogP contribution in [-0.2, 0) is 4.79 Å². The van der Waals surface area contributed by atoms with Gasteiger partial charge in [-0.25, -0.2) is 0 Å². The van der Waals surface area contributed by atoms with Crippen molar-refractivity contribution in [3.63, 3.8) is 0 Å². The van der Waals surface area contributed by atoms with Crippen molar-refractivity contribution >= 4 is 5.97 Å². The van der Waals surface area contributed by atoms with Crippen LogP contribution in [0.5, 0.6) is 0 Å². The van der Waals surface area contributed by atoms with Gasteiger partial charge in [-0.3, -0.25) is 4.79 Å². The maximum Gasteiger partial charge on any atom is 0.311 e. The van der Waals surface area contributed by atoms with Crippen LogP contribution in [0, 0.1) is 19.3 Å². The van der Waals surface area contributed by atoms with Gasteiger partial charge < -0.3 is 10.8 Å². The Labute approximate surface area is 96.3 Å². The fourth-order valence-electron chi connectivity index (χ4n) is 1.62. The molecule has 0 fully saturated rings. The Morgan fingerprint density at radius 1 is 1.38 bits per heavy atom. The molecule has 1 aromatic rings. The average Bonchev–Trinajstić information content (AvgIpc) is 2.20. The average molecular weight is 221 g/mol. The number of aliphatic carboxylic acids is 1. The van der Waals surface area contributed by atoms with E-state index in [1.165, 1.54) is 0 Å². The van der Waals surface area contributed by atoms with E-state index in [0.717, 1.165) is 16.7 Å². The lowest BCUT2D eigenvalue weighted by Crippen LogP contribution is -2.36. The van der Waals surface area contributed by atoms with E-state index in [4.69, 9.17) is 10.8 Å². The molecule has 1 atom stereocenters. The van der Waals surface area contributed by atoms with Crippen molar-refractivity contribution < 1.29 is 9.90 Å². The van der Waals surface area contributed by atoms with Crippen molar-refractivity contribution in [2.45, 2.75) is 33.7 Å². The van der Waals surface area contributed by atoms with Crippen molar-refractivity contribution in [3.8, 4) is 0 Å². The fourth-order valence-corrected chi connectivity index (χ4v) is 1.62. The van der Waals surface area contributed by atoms with E-state index in [2.05, 4.69) is 0 Å². The molecule has 3 N–H and O–H groups in total. The highest BCUT2D eigenvalue weighted by Gasteiger charge is 2.36. The number of benzene rings is 1. The van der Waals surface area contributed by atoms with Crippen LogP contribution in [0.25, 0.3) is 0 Å². The predicted octanol–water partition coefficient (Wildman–Crippen LogP) is 2.41. The number of nitrogens with two attached hydrogens (primary N) is 1. The van der Waals surface area contributed by atoms with Gasteiger partial charge in [0.15, 0.2) is 0 Å². The SMILES string of the molecule is Cc1ccc(C)c(C(N)C(C)(C)C(=O)O)c1. The van der Waals surface area contributed by atoms with Gasteiger partial charge in [-0.15, -0.1) is 0 Å². The van der Waals surface area contributed by atoms with Crippen LogP contribution in [0.1, 0.15) is 36.6 Å². The van der Waals surface area contributed by atoms with Crippen molar-refractivity contribution in [1.82, 2.24) is 0 Å². The molecule has 0 aliphatic heterocycles. The van der Waals surface area contributed by atoms with Crippen LogP contribution in [0.2, 0.25) is 0 Å². The number of rotatable bonds is 3. The summed E-state index contributed by atoms with van der Waals surface area (Å²) in [7, 11) is 0. The van der Waals surface area contributed by atoms with E-state index in [9.17, 15) is 4.79 Å². The third-order valence-electron chi connectivity index (χ3n) is 3.10. The number of hydrogen-bond acceptors (Lipinski definition) is 2. The molecule has 16 heavy (non-hydrogen) atoms. The maximum absolute atomic E-state index is 11.2. The van der Waals surface area contributed by atoms with Gasteiger partial charge in [0.25, 0.3) is 0 Å². The summed E-state index contributed by atoms with van der Waals surface area (Å²) in [6.07, 6.45) is 0. The first-order valence-electron chi connectivity index (χ1n) is 5.33. The Morgan fingerprint density at radius 2 is 1.94 bits per heavy atom. The minimum atomic E-state index is -0.960. The van der Waals surface area contributed by atoms with E-state index < -0.39 is 17.4 Å². The Bertz CT molecular complexity index is 410. The molecule has 0 radical (unpaired) electrons. The zero-order chi connectivity index (χ0) is 12.5. The van der Waals surface area contributed by atoms with Gasteiger partial charge in [0.2, 0.25) is 0 Å².